The Hall–Kier alpha value is -2.33. The van der Waals surface area contributed by atoms with Crippen LogP contribution in [0.4, 0.5) is 5.69 Å². The largest absolute Gasteiger partial charge is 0.338 e. The van der Waals surface area contributed by atoms with Gasteiger partial charge in [0.15, 0.2) is 0 Å². The Labute approximate surface area is 141 Å². The van der Waals surface area contributed by atoms with Gasteiger partial charge in [-0.15, -0.1) is 0 Å². The van der Waals surface area contributed by atoms with Crippen molar-refractivity contribution in [1.29, 1.82) is 0 Å². The second-order valence-corrected chi connectivity index (χ2v) is 5.67. The van der Waals surface area contributed by atoms with E-state index < -0.39 is 0 Å². The minimum Gasteiger partial charge on any atom is -0.338 e. The quantitative estimate of drug-likeness (QED) is 0.877. The summed E-state index contributed by atoms with van der Waals surface area (Å²) in [7, 11) is 0. The predicted octanol–water partition coefficient (Wildman–Crippen LogP) is 3.72. The van der Waals surface area contributed by atoms with Crippen LogP contribution in [0, 0.1) is 0 Å². The fraction of sp³-hybridized carbons (Fsp3) is 0.222. The number of hydrogen-bond donors (Lipinski definition) is 1. The highest BCUT2D eigenvalue weighted by Gasteiger charge is 2.12. The van der Waals surface area contributed by atoms with Gasteiger partial charge in [-0.25, -0.2) is 0 Å². The van der Waals surface area contributed by atoms with Gasteiger partial charge >= 0.3 is 0 Å². The van der Waals surface area contributed by atoms with Crippen molar-refractivity contribution < 1.29 is 9.59 Å². The van der Waals surface area contributed by atoms with Gasteiger partial charge in [-0.2, -0.15) is 0 Å². The minimum atomic E-state index is -0.133. The van der Waals surface area contributed by atoms with Gasteiger partial charge in [-0.05, 0) is 29.8 Å². The zero-order valence-corrected chi connectivity index (χ0v) is 13.7. The smallest absolute Gasteiger partial charge is 0.226 e. The fourth-order valence-electron chi connectivity index (χ4n) is 2.14. The molecule has 0 fully saturated rings. The second kappa shape index (κ2) is 8.34. The molecule has 0 aliphatic carbocycles. The lowest BCUT2D eigenvalue weighted by Gasteiger charge is -2.21. The molecule has 0 bridgehead atoms. The maximum Gasteiger partial charge on any atom is 0.226 e. The molecule has 0 aliphatic rings. The van der Waals surface area contributed by atoms with E-state index >= 15 is 0 Å². The molecule has 4 nitrogen and oxygen atoms in total. The summed E-state index contributed by atoms with van der Waals surface area (Å²) < 4.78 is 0. The molecule has 0 aliphatic heterocycles. The third kappa shape index (κ3) is 5.75. The monoisotopic (exact) mass is 330 g/mol. The van der Waals surface area contributed by atoms with E-state index in [9.17, 15) is 9.59 Å². The van der Waals surface area contributed by atoms with Gasteiger partial charge in [0, 0.05) is 37.1 Å². The minimum absolute atomic E-state index is 0.0480. The third-order valence-electron chi connectivity index (χ3n) is 3.40. The highest BCUT2D eigenvalue weighted by Crippen LogP contribution is 2.13. The van der Waals surface area contributed by atoms with E-state index in [1.54, 1.807) is 29.2 Å². The average Bonchev–Trinajstić information content (AvgIpc) is 2.54. The molecule has 1 N–H and O–H groups in total. The molecule has 0 atom stereocenters. The highest BCUT2D eigenvalue weighted by atomic mass is 35.5. The third-order valence-corrected chi connectivity index (χ3v) is 3.65. The Morgan fingerprint density at radius 1 is 1.04 bits per heavy atom. The Bertz CT molecular complexity index is 656. The molecule has 0 saturated heterocycles. The van der Waals surface area contributed by atoms with Gasteiger partial charge in [0.25, 0.3) is 0 Å². The Balaban J connectivity index is 1.87. The van der Waals surface area contributed by atoms with Crippen LogP contribution in [-0.4, -0.2) is 23.3 Å². The molecule has 120 valence electrons. The summed E-state index contributed by atoms with van der Waals surface area (Å²) in [6, 6.07) is 16.6. The highest BCUT2D eigenvalue weighted by molar-refractivity contribution is 6.30. The number of rotatable bonds is 6. The van der Waals surface area contributed by atoms with E-state index in [-0.39, 0.29) is 18.2 Å². The van der Waals surface area contributed by atoms with E-state index in [1.165, 1.54) is 6.92 Å². The number of halogens is 1. The molecule has 0 spiro atoms. The zero-order valence-electron chi connectivity index (χ0n) is 13.0. The van der Waals surface area contributed by atoms with E-state index in [0.717, 1.165) is 5.56 Å². The molecule has 0 heterocycles. The first kappa shape index (κ1) is 17.0. The van der Waals surface area contributed by atoms with Crippen LogP contribution >= 0.6 is 11.6 Å². The molecule has 2 amide bonds. The van der Waals surface area contributed by atoms with Crippen molar-refractivity contribution in [2.45, 2.75) is 19.9 Å². The average molecular weight is 331 g/mol. The van der Waals surface area contributed by atoms with Crippen LogP contribution in [0.25, 0.3) is 0 Å². The fourth-order valence-corrected chi connectivity index (χ4v) is 2.27. The molecular formula is C18H19ClN2O2. The van der Waals surface area contributed by atoms with Crippen molar-refractivity contribution in [3.63, 3.8) is 0 Å². The van der Waals surface area contributed by atoms with Crippen LogP contribution < -0.4 is 5.32 Å². The van der Waals surface area contributed by atoms with Gasteiger partial charge in [-0.3, -0.25) is 9.59 Å². The first-order valence-electron chi connectivity index (χ1n) is 7.39. The number of benzene rings is 2. The van der Waals surface area contributed by atoms with Crippen molar-refractivity contribution in [3.8, 4) is 0 Å². The van der Waals surface area contributed by atoms with Crippen LogP contribution in [0.5, 0.6) is 0 Å². The van der Waals surface area contributed by atoms with Gasteiger partial charge in [0.05, 0.1) is 0 Å². The lowest BCUT2D eigenvalue weighted by Crippen LogP contribution is -2.31. The summed E-state index contributed by atoms with van der Waals surface area (Å²) in [6.07, 6.45) is 0.245. The second-order valence-electron chi connectivity index (χ2n) is 5.23. The van der Waals surface area contributed by atoms with Gasteiger partial charge in [-0.1, -0.05) is 41.9 Å². The lowest BCUT2D eigenvalue weighted by atomic mass is 10.2. The number of hydrogen-bond acceptors (Lipinski definition) is 2. The summed E-state index contributed by atoms with van der Waals surface area (Å²) >= 11 is 5.81. The molecule has 23 heavy (non-hydrogen) atoms. The Morgan fingerprint density at radius 2 is 1.70 bits per heavy atom. The number of anilines is 1. The van der Waals surface area contributed by atoms with Crippen LogP contribution in [0.15, 0.2) is 54.6 Å². The van der Waals surface area contributed by atoms with Crippen LogP contribution in [0.3, 0.4) is 0 Å². The van der Waals surface area contributed by atoms with Crippen LogP contribution in [0.2, 0.25) is 5.02 Å². The predicted molar refractivity (Wildman–Crippen MR) is 92.2 cm³/mol. The topological polar surface area (TPSA) is 49.4 Å². The zero-order chi connectivity index (χ0) is 16.7. The van der Waals surface area contributed by atoms with Gasteiger partial charge < -0.3 is 10.2 Å². The molecule has 0 saturated carbocycles. The van der Waals surface area contributed by atoms with Crippen LogP contribution in [-0.2, 0) is 16.1 Å². The summed E-state index contributed by atoms with van der Waals surface area (Å²) in [5.74, 6) is -0.181. The normalized spacial score (nSPS) is 10.2. The van der Waals surface area contributed by atoms with Crippen molar-refractivity contribution in [2.24, 2.45) is 0 Å². The van der Waals surface area contributed by atoms with Gasteiger partial charge in [0.1, 0.15) is 0 Å². The Morgan fingerprint density at radius 3 is 2.30 bits per heavy atom. The number of nitrogens with zero attached hydrogens (tertiary/aromatic N) is 1. The number of amides is 2. The van der Waals surface area contributed by atoms with Crippen LogP contribution in [0.1, 0.15) is 18.9 Å². The van der Waals surface area contributed by atoms with E-state index in [1.807, 2.05) is 30.3 Å². The number of nitrogens with one attached hydrogen (secondary N) is 1. The standard InChI is InChI=1S/C18H19ClN2O2/c1-14(22)21(13-15-5-3-2-4-6-15)12-11-18(23)20-17-9-7-16(19)8-10-17/h2-10H,11-13H2,1H3,(H,20,23). The first-order chi connectivity index (χ1) is 11.0. The van der Waals surface area contributed by atoms with E-state index in [2.05, 4.69) is 5.32 Å². The molecule has 0 unspecified atom stereocenters. The number of carbonyl (C=O) groups is 2. The van der Waals surface area contributed by atoms with E-state index in [0.29, 0.717) is 23.8 Å². The molecule has 5 heteroatoms. The van der Waals surface area contributed by atoms with Crippen molar-refractivity contribution in [2.75, 3.05) is 11.9 Å². The summed E-state index contributed by atoms with van der Waals surface area (Å²) in [5, 5.41) is 3.41. The molecule has 2 aromatic rings. The lowest BCUT2D eigenvalue weighted by molar-refractivity contribution is -0.129. The molecule has 0 radical (unpaired) electrons. The number of carbonyl (C=O) groups excluding carboxylic acids is 2. The molecule has 2 aromatic carbocycles. The summed E-state index contributed by atoms with van der Waals surface area (Å²) in [6.45, 7) is 2.40. The van der Waals surface area contributed by atoms with Gasteiger partial charge in [0.2, 0.25) is 11.8 Å². The SMILES string of the molecule is CC(=O)N(CCC(=O)Nc1ccc(Cl)cc1)Cc1ccccc1. The summed E-state index contributed by atoms with van der Waals surface area (Å²) in [4.78, 5) is 25.4. The Kier molecular flexibility index (Phi) is 6.18. The van der Waals surface area contributed by atoms with Crippen molar-refractivity contribution in [3.05, 3.63) is 65.2 Å². The van der Waals surface area contributed by atoms with Crippen molar-refractivity contribution >= 4 is 29.1 Å². The first-order valence-corrected chi connectivity index (χ1v) is 7.77. The molecule has 0 aromatic heterocycles. The summed E-state index contributed by atoms with van der Waals surface area (Å²) in [5.41, 5.74) is 1.73. The van der Waals surface area contributed by atoms with E-state index in [4.69, 9.17) is 11.6 Å². The maximum absolute atomic E-state index is 12.0. The molecular weight excluding hydrogens is 312 g/mol. The molecule has 2 rings (SSSR count). The van der Waals surface area contributed by atoms with Crippen molar-refractivity contribution in [1.82, 2.24) is 4.90 Å². The maximum atomic E-state index is 12.0.